The Kier molecular flexibility index (Phi) is 6.16. The molecule has 0 aliphatic heterocycles. The van der Waals surface area contributed by atoms with Crippen LogP contribution in [-0.2, 0) is 0 Å². The van der Waals surface area contributed by atoms with Gasteiger partial charge in [-0.3, -0.25) is 0 Å². The molecule has 0 spiro atoms. The van der Waals surface area contributed by atoms with E-state index in [1.165, 1.54) is 12.1 Å². The molecule has 0 amide bonds. The number of benzene rings is 1. The lowest BCUT2D eigenvalue weighted by molar-refractivity contribution is -0.139. The Balaban J connectivity index is 2.29. The van der Waals surface area contributed by atoms with E-state index in [0.717, 1.165) is 26.9 Å². The van der Waals surface area contributed by atoms with Crippen molar-refractivity contribution in [2.75, 3.05) is 0 Å². The predicted molar refractivity (Wildman–Crippen MR) is 93.6 cm³/mol. The van der Waals surface area contributed by atoms with E-state index in [4.69, 9.17) is 9.84 Å². The Bertz CT molecular complexity index is 748. The van der Waals surface area contributed by atoms with E-state index in [-0.39, 0.29) is 11.3 Å². The lowest BCUT2D eigenvalue weighted by atomic mass is 10.1. The zero-order chi connectivity index (χ0) is 18.8. The molecule has 2 rings (SSSR count). The van der Waals surface area contributed by atoms with Crippen LogP contribution in [0.3, 0.4) is 0 Å². The molecule has 1 heterocycles. The summed E-state index contributed by atoms with van der Waals surface area (Å²) in [5.41, 5.74) is 1.81. The number of aromatic carboxylic acids is 1. The highest BCUT2D eigenvalue weighted by Crippen LogP contribution is 2.36. The molecular formula is C17H16BrF3O3S. The summed E-state index contributed by atoms with van der Waals surface area (Å²) in [5, 5.41) is 9.02. The minimum absolute atomic E-state index is 0.0683. The Morgan fingerprint density at radius 2 is 1.88 bits per heavy atom. The van der Waals surface area contributed by atoms with Gasteiger partial charge >= 0.3 is 12.1 Å². The van der Waals surface area contributed by atoms with Crippen molar-refractivity contribution in [1.29, 1.82) is 0 Å². The number of ether oxygens (including phenoxy) is 1. The summed E-state index contributed by atoms with van der Waals surface area (Å²) in [6.45, 7) is 3.73. The standard InChI is InChI=1S/C17H16BrF3O3S/c1-9-7-11(8-10(2)15(9)18)24-12(5-6-17(19,20)21)13-3-4-14(25-13)16(22)23/h3-4,7-8,12H,5-6H2,1-2H3,(H,22,23). The van der Waals surface area contributed by atoms with Crippen LogP contribution in [0.15, 0.2) is 28.7 Å². The van der Waals surface area contributed by atoms with Crippen LogP contribution in [0.2, 0.25) is 0 Å². The van der Waals surface area contributed by atoms with Crippen LogP contribution in [0.4, 0.5) is 13.2 Å². The van der Waals surface area contributed by atoms with Crippen molar-refractivity contribution in [3.8, 4) is 5.75 Å². The number of hydrogen-bond acceptors (Lipinski definition) is 3. The van der Waals surface area contributed by atoms with Crippen LogP contribution in [-0.4, -0.2) is 17.3 Å². The highest BCUT2D eigenvalue weighted by Gasteiger charge is 2.30. The Morgan fingerprint density at radius 1 is 1.28 bits per heavy atom. The number of alkyl halides is 3. The van der Waals surface area contributed by atoms with E-state index >= 15 is 0 Å². The number of carbonyl (C=O) groups is 1. The van der Waals surface area contributed by atoms with Crippen molar-refractivity contribution < 1.29 is 27.8 Å². The maximum atomic E-state index is 12.6. The summed E-state index contributed by atoms with van der Waals surface area (Å²) in [6.07, 6.45) is -6.45. The van der Waals surface area contributed by atoms with Crippen LogP contribution in [0.5, 0.6) is 5.75 Å². The van der Waals surface area contributed by atoms with E-state index in [0.29, 0.717) is 10.6 Å². The number of aryl methyl sites for hydroxylation is 2. The minimum Gasteiger partial charge on any atom is -0.485 e. The summed E-state index contributed by atoms with van der Waals surface area (Å²) >= 11 is 4.36. The fourth-order valence-corrected chi connectivity index (χ4v) is 3.47. The van der Waals surface area contributed by atoms with Gasteiger partial charge in [0.1, 0.15) is 16.7 Å². The largest absolute Gasteiger partial charge is 0.485 e. The first kappa shape index (κ1) is 19.8. The molecule has 2 aromatic rings. The highest BCUT2D eigenvalue weighted by molar-refractivity contribution is 9.10. The zero-order valence-electron chi connectivity index (χ0n) is 13.5. The molecular weight excluding hydrogens is 421 g/mol. The first-order chi connectivity index (χ1) is 11.6. The van der Waals surface area contributed by atoms with E-state index in [1.807, 2.05) is 13.8 Å². The number of carboxylic acid groups (broad SMARTS) is 1. The molecule has 1 unspecified atom stereocenters. The number of hydrogen-bond donors (Lipinski definition) is 1. The Hall–Kier alpha value is -1.54. The first-order valence-corrected chi connectivity index (χ1v) is 9.01. The summed E-state index contributed by atoms with van der Waals surface area (Å²) in [4.78, 5) is 11.6. The molecule has 0 aliphatic rings. The van der Waals surface area contributed by atoms with Crippen LogP contribution >= 0.6 is 27.3 Å². The molecule has 0 aliphatic carbocycles. The molecule has 0 saturated heterocycles. The third-order valence-corrected chi connectivity index (χ3v) is 5.95. The van der Waals surface area contributed by atoms with E-state index < -0.39 is 24.7 Å². The number of halogens is 4. The maximum Gasteiger partial charge on any atom is 0.389 e. The molecule has 0 radical (unpaired) electrons. The van der Waals surface area contributed by atoms with Crippen LogP contribution in [0, 0.1) is 13.8 Å². The van der Waals surface area contributed by atoms with Gasteiger partial charge in [-0.25, -0.2) is 4.79 Å². The molecule has 25 heavy (non-hydrogen) atoms. The van der Waals surface area contributed by atoms with Crippen LogP contribution < -0.4 is 4.74 Å². The molecule has 1 atom stereocenters. The summed E-state index contributed by atoms with van der Waals surface area (Å²) in [6, 6.07) is 6.37. The Morgan fingerprint density at radius 3 is 2.36 bits per heavy atom. The second-order valence-electron chi connectivity index (χ2n) is 5.64. The van der Waals surface area contributed by atoms with Crippen molar-refractivity contribution >= 4 is 33.2 Å². The fourth-order valence-electron chi connectivity index (χ4n) is 2.33. The monoisotopic (exact) mass is 436 g/mol. The van der Waals surface area contributed by atoms with Crippen molar-refractivity contribution in [2.24, 2.45) is 0 Å². The van der Waals surface area contributed by atoms with Crippen molar-refractivity contribution in [3.05, 3.63) is 49.6 Å². The van der Waals surface area contributed by atoms with E-state index in [1.54, 1.807) is 12.1 Å². The lowest BCUT2D eigenvalue weighted by Crippen LogP contribution is -2.13. The second kappa shape index (κ2) is 7.78. The van der Waals surface area contributed by atoms with Gasteiger partial charge in [0.2, 0.25) is 0 Å². The lowest BCUT2D eigenvalue weighted by Gasteiger charge is -2.20. The van der Waals surface area contributed by atoms with Crippen LogP contribution in [0.1, 0.15) is 44.6 Å². The molecule has 1 aromatic carbocycles. The van der Waals surface area contributed by atoms with E-state index in [2.05, 4.69) is 15.9 Å². The zero-order valence-corrected chi connectivity index (χ0v) is 15.9. The molecule has 3 nitrogen and oxygen atoms in total. The number of carboxylic acids is 1. The third kappa shape index (κ3) is 5.47. The predicted octanol–water partition coefficient (Wildman–Crippen LogP) is 6.29. The average Bonchev–Trinajstić information content (AvgIpc) is 2.98. The summed E-state index contributed by atoms with van der Waals surface area (Å²) in [5.74, 6) is -0.656. The van der Waals surface area contributed by atoms with Crippen molar-refractivity contribution in [3.63, 3.8) is 0 Å². The van der Waals surface area contributed by atoms with Crippen molar-refractivity contribution in [2.45, 2.75) is 39.0 Å². The van der Waals surface area contributed by atoms with Gasteiger partial charge in [-0.2, -0.15) is 13.2 Å². The molecule has 0 bridgehead atoms. The van der Waals surface area contributed by atoms with E-state index in [9.17, 15) is 18.0 Å². The van der Waals surface area contributed by atoms with Gasteiger partial charge < -0.3 is 9.84 Å². The van der Waals surface area contributed by atoms with Crippen LogP contribution in [0.25, 0.3) is 0 Å². The second-order valence-corrected chi connectivity index (χ2v) is 7.55. The van der Waals surface area contributed by atoms with Gasteiger partial charge in [0.15, 0.2) is 0 Å². The third-order valence-electron chi connectivity index (χ3n) is 3.53. The molecule has 1 aromatic heterocycles. The normalized spacial score (nSPS) is 12.9. The molecule has 0 fully saturated rings. The Labute approximate surface area is 155 Å². The number of rotatable bonds is 6. The van der Waals surface area contributed by atoms with Gasteiger partial charge in [0.25, 0.3) is 0 Å². The molecule has 1 N–H and O–H groups in total. The maximum absolute atomic E-state index is 12.6. The fraction of sp³-hybridized carbons (Fsp3) is 0.353. The topological polar surface area (TPSA) is 46.5 Å². The summed E-state index contributed by atoms with van der Waals surface area (Å²) < 4.78 is 44.6. The van der Waals surface area contributed by atoms with Gasteiger partial charge in [0.05, 0.1) is 0 Å². The molecule has 8 heteroatoms. The first-order valence-electron chi connectivity index (χ1n) is 7.40. The minimum atomic E-state index is -4.31. The molecule has 136 valence electrons. The quantitative estimate of drug-likeness (QED) is 0.578. The van der Waals surface area contributed by atoms with Gasteiger partial charge in [0, 0.05) is 15.8 Å². The average molecular weight is 437 g/mol. The summed E-state index contributed by atoms with van der Waals surface area (Å²) in [7, 11) is 0. The molecule has 0 saturated carbocycles. The highest BCUT2D eigenvalue weighted by atomic mass is 79.9. The van der Waals surface area contributed by atoms with Gasteiger partial charge in [-0.1, -0.05) is 15.9 Å². The van der Waals surface area contributed by atoms with Gasteiger partial charge in [-0.15, -0.1) is 11.3 Å². The van der Waals surface area contributed by atoms with Gasteiger partial charge in [-0.05, 0) is 55.7 Å². The van der Waals surface area contributed by atoms with Crippen molar-refractivity contribution in [1.82, 2.24) is 0 Å². The SMILES string of the molecule is Cc1cc(OC(CCC(F)(F)F)c2ccc(C(=O)O)s2)cc(C)c1Br. The smallest absolute Gasteiger partial charge is 0.389 e. The number of thiophene rings is 1.